The van der Waals surface area contributed by atoms with Gasteiger partial charge in [0.1, 0.15) is 10.3 Å². The van der Waals surface area contributed by atoms with Crippen molar-refractivity contribution in [3.05, 3.63) is 28.5 Å². The van der Waals surface area contributed by atoms with Gasteiger partial charge in [-0.1, -0.05) is 11.6 Å². The van der Waals surface area contributed by atoms with Crippen molar-refractivity contribution in [2.24, 2.45) is 5.41 Å². The summed E-state index contributed by atoms with van der Waals surface area (Å²) >= 11 is 5.01. The number of carbonyl (C=O) groups excluding carboxylic acids is 1. The Morgan fingerprint density at radius 3 is 2.48 bits per heavy atom. The predicted octanol–water partition coefficient (Wildman–Crippen LogP) is 4.40. The molecule has 1 fully saturated rings. The Balaban J connectivity index is 1.81. The molecule has 3 rings (SSSR count). The molecule has 1 aliphatic heterocycles. The van der Waals surface area contributed by atoms with Gasteiger partial charge in [0, 0.05) is 41.8 Å². The minimum atomic E-state index is -1.23. The highest BCUT2D eigenvalue weighted by Crippen LogP contribution is 2.52. The van der Waals surface area contributed by atoms with Crippen molar-refractivity contribution in [1.82, 2.24) is 14.6 Å². The molecule has 29 heavy (non-hydrogen) atoms. The fourth-order valence-corrected chi connectivity index (χ4v) is 5.16. The summed E-state index contributed by atoms with van der Waals surface area (Å²) in [5.74, 6) is 0. The van der Waals surface area contributed by atoms with Crippen LogP contribution < -0.4 is 4.72 Å². The van der Waals surface area contributed by atoms with Crippen LogP contribution in [0.3, 0.4) is 0 Å². The minimum Gasteiger partial charge on any atom is -0.598 e. The summed E-state index contributed by atoms with van der Waals surface area (Å²) in [7, 11) is 0. The van der Waals surface area contributed by atoms with Crippen LogP contribution in [-0.4, -0.2) is 44.0 Å². The standard InChI is InChI=1S/C21H32ClN3O3S/c1-19(2,3)28-18(26)25-9-7-21(8-10-25)12-16-15(11-14(22)13-23-16)17(21)24-29(27)20(4,5)6/h11,13,17,24H,7-10,12H2,1-6H3/t17-,29?/m0/s1. The van der Waals surface area contributed by atoms with Crippen molar-refractivity contribution in [1.29, 1.82) is 0 Å². The van der Waals surface area contributed by atoms with Crippen LogP contribution >= 0.6 is 11.6 Å². The zero-order valence-corrected chi connectivity index (χ0v) is 19.7. The van der Waals surface area contributed by atoms with E-state index in [1.807, 2.05) is 47.6 Å². The van der Waals surface area contributed by atoms with E-state index in [-0.39, 0.29) is 22.3 Å². The maximum Gasteiger partial charge on any atom is 0.410 e. The van der Waals surface area contributed by atoms with Crippen LogP contribution in [0, 0.1) is 5.41 Å². The summed E-state index contributed by atoms with van der Waals surface area (Å²) in [6.45, 7) is 12.7. The first-order valence-corrected chi connectivity index (χ1v) is 11.6. The molecular formula is C21H32ClN3O3S. The first-order chi connectivity index (χ1) is 13.3. The van der Waals surface area contributed by atoms with Crippen LogP contribution in [0.5, 0.6) is 0 Å². The van der Waals surface area contributed by atoms with E-state index in [2.05, 4.69) is 9.71 Å². The minimum absolute atomic E-state index is 0.107. The first kappa shape index (κ1) is 22.7. The lowest BCUT2D eigenvalue weighted by molar-refractivity contribution is 0.00711. The zero-order chi connectivity index (χ0) is 21.6. The predicted molar refractivity (Wildman–Crippen MR) is 116 cm³/mol. The molecule has 1 spiro atoms. The highest BCUT2D eigenvalue weighted by atomic mass is 35.5. The molecule has 1 amide bonds. The Hall–Kier alpha value is -1.02. The number of ether oxygens (including phenoxy) is 1. The molecule has 0 radical (unpaired) electrons. The van der Waals surface area contributed by atoms with Gasteiger partial charge in [-0.2, -0.15) is 0 Å². The number of pyridine rings is 1. The molecule has 8 heteroatoms. The summed E-state index contributed by atoms with van der Waals surface area (Å²) in [6, 6.07) is 1.83. The third-order valence-corrected chi connectivity index (χ3v) is 7.37. The van der Waals surface area contributed by atoms with Crippen LogP contribution in [0.2, 0.25) is 5.02 Å². The largest absolute Gasteiger partial charge is 0.598 e. The average molecular weight is 442 g/mol. The highest BCUT2D eigenvalue weighted by Gasteiger charge is 2.51. The van der Waals surface area contributed by atoms with Gasteiger partial charge in [-0.05, 0) is 72.4 Å². The second kappa shape index (κ2) is 7.91. The quantitative estimate of drug-likeness (QED) is 0.688. The molecule has 0 saturated carbocycles. The molecule has 6 nitrogen and oxygen atoms in total. The summed E-state index contributed by atoms with van der Waals surface area (Å²) in [6.07, 6.45) is 3.78. The van der Waals surface area contributed by atoms with Crippen LogP contribution in [-0.2, 0) is 22.5 Å². The Morgan fingerprint density at radius 1 is 1.31 bits per heavy atom. The molecule has 1 aromatic rings. The maximum atomic E-state index is 12.9. The third kappa shape index (κ3) is 5.01. The molecule has 1 unspecified atom stereocenters. The average Bonchev–Trinajstić information content (AvgIpc) is 2.86. The lowest BCUT2D eigenvalue weighted by atomic mass is 9.73. The molecular weight excluding hydrogens is 410 g/mol. The van der Waals surface area contributed by atoms with Gasteiger partial charge in [0.2, 0.25) is 0 Å². The number of likely N-dealkylation sites (tertiary alicyclic amines) is 1. The van der Waals surface area contributed by atoms with Crippen LogP contribution in [0.15, 0.2) is 12.3 Å². The number of amides is 1. The SMILES string of the molecule is CC(C)(C)OC(=O)N1CCC2(CC1)Cc1ncc(Cl)cc1[C@@H]2N[S+]([O-])C(C)(C)C. The fourth-order valence-electron chi connectivity index (χ4n) is 4.05. The number of fused-ring (bicyclic) bond motifs is 1. The van der Waals surface area contributed by atoms with E-state index >= 15 is 0 Å². The van der Waals surface area contributed by atoms with Crippen molar-refractivity contribution >= 4 is 29.1 Å². The molecule has 0 bridgehead atoms. The summed E-state index contributed by atoms with van der Waals surface area (Å²) < 4.78 is 21.5. The van der Waals surface area contributed by atoms with E-state index in [4.69, 9.17) is 16.3 Å². The van der Waals surface area contributed by atoms with Crippen LogP contribution in [0.25, 0.3) is 0 Å². The zero-order valence-electron chi connectivity index (χ0n) is 18.2. The van der Waals surface area contributed by atoms with Gasteiger partial charge in [0.25, 0.3) is 0 Å². The topological polar surface area (TPSA) is 77.5 Å². The van der Waals surface area contributed by atoms with Gasteiger partial charge in [0.15, 0.2) is 0 Å². The number of nitrogens with one attached hydrogen (secondary N) is 1. The van der Waals surface area contributed by atoms with E-state index < -0.39 is 17.0 Å². The Kier molecular flexibility index (Phi) is 6.18. The number of hydrogen-bond donors (Lipinski definition) is 1. The number of piperidine rings is 1. The molecule has 0 aromatic carbocycles. The summed E-state index contributed by atoms with van der Waals surface area (Å²) in [5, 5.41) is 0.584. The Labute approximate surface area is 182 Å². The Bertz CT molecular complexity index is 767. The first-order valence-electron chi connectivity index (χ1n) is 10.1. The smallest absolute Gasteiger partial charge is 0.410 e. The monoisotopic (exact) mass is 441 g/mol. The number of hydrogen-bond acceptors (Lipinski definition) is 5. The van der Waals surface area contributed by atoms with Crippen molar-refractivity contribution in [3.63, 3.8) is 0 Å². The molecule has 1 saturated heterocycles. The van der Waals surface area contributed by atoms with Gasteiger partial charge in [-0.3, -0.25) is 4.98 Å². The molecule has 1 aliphatic carbocycles. The number of carbonyl (C=O) groups is 1. The second-order valence-corrected chi connectivity index (χ2v) is 12.6. The van der Waals surface area contributed by atoms with E-state index in [0.29, 0.717) is 18.1 Å². The van der Waals surface area contributed by atoms with Crippen molar-refractivity contribution < 1.29 is 14.1 Å². The van der Waals surface area contributed by atoms with E-state index in [1.54, 1.807) is 11.1 Å². The number of aromatic nitrogens is 1. The van der Waals surface area contributed by atoms with E-state index in [1.165, 1.54) is 0 Å². The highest BCUT2D eigenvalue weighted by molar-refractivity contribution is 7.90. The molecule has 162 valence electrons. The molecule has 1 aromatic heterocycles. The lowest BCUT2D eigenvalue weighted by Gasteiger charge is -2.43. The van der Waals surface area contributed by atoms with Crippen molar-refractivity contribution in [2.75, 3.05) is 13.1 Å². The van der Waals surface area contributed by atoms with Crippen LogP contribution in [0.1, 0.15) is 71.7 Å². The number of rotatable bonds is 2. The molecule has 2 heterocycles. The van der Waals surface area contributed by atoms with Crippen LogP contribution in [0.4, 0.5) is 4.79 Å². The van der Waals surface area contributed by atoms with Gasteiger partial charge in [0.05, 0.1) is 11.1 Å². The molecule has 2 atom stereocenters. The number of nitrogens with zero attached hydrogens (tertiary/aromatic N) is 2. The summed E-state index contributed by atoms with van der Waals surface area (Å²) in [5.41, 5.74) is 1.38. The maximum absolute atomic E-state index is 12.9. The van der Waals surface area contributed by atoms with Gasteiger partial charge in [-0.25, -0.2) is 4.79 Å². The van der Waals surface area contributed by atoms with E-state index in [9.17, 15) is 9.35 Å². The summed E-state index contributed by atoms with van der Waals surface area (Å²) in [4.78, 5) is 18.8. The molecule has 2 aliphatic rings. The third-order valence-electron chi connectivity index (χ3n) is 5.61. The van der Waals surface area contributed by atoms with Crippen molar-refractivity contribution in [2.45, 2.75) is 77.2 Å². The Morgan fingerprint density at radius 2 is 1.93 bits per heavy atom. The number of halogens is 1. The second-order valence-electron chi connectivity index (χ2n) is 10.1. The van der Waals surface area contributed by atoms with Gasteiger partial charge >= 0.3 is 6.09 Å². The fraction of sp³-hybridized carbons (Fsp3) is 0.714. The van der Waals surface area contributed by atoms with E-state index in [0.717, 1.165) is 30.5 Å². The lowest BCUT2D eigenvalue weighted by Crippen LogP contribution is -2.51. The van der Waals surface area contributed by atoms with Gasteiger partial charge in [-0.15, -0.1) is 4.72 Å². The normalized spacial score (nSPS) is 22.5. The van der Waals surface area contributed by atoms with Crippen molar-refractivity contribution in [3.8, 4) is 0 Å². The molecule has 1 N–H and O–H groups in total. The van der Waals surface area contributed by atoms with Gasteiger partial charge < -0.3 is 14.2 Å².